The fourth-order valence-electron chi connectivity index (χ4n) is 3.62. The Morgan fingerprint density at radius 1 is 1.21 bits per heavy atom. The molecule has 1 aliphatic heterocycles. The van der Waals surface area contributed by atoms with Gasteiger partial charge in [0.05, 0.1) is 17.0 Å². The number of hydrogen-bond donors (Lipinski definition) is 0. The average Bonchev–Trinajstić information content (AvgIpc) is 3.32. The zero-order valence-corrected chi connectivity index (χ0v) is 16.6. The summed E-state index contributed by atoms with van der Waals surface area (Å²) in [6, 6.07) is 8.32. The molecule has 29 heavy (non-hydrogen) atoms. The third kappa shape index (κ3) is 2.67. The first-order valence-electron chi connectivity index (χ1n) is 9.21. The van der Waals surface area contributed by atoms with E-state index in [1.807, 2.05) is 26.0 Å². The first kappa shape index (κ1) is 17.7. The molecule has 0 saturated carbocycles. The van der Waals surface area contributed by atoms with E-state index in [9.17, 15) is 9.59 Å². The van der Waals surface area contributed by atoms with E-state index in [0.717, 1.165) is 10.6 Å². The number of aromatic nitrogens is 3. The molecule has 4 aromatic rings. The van der Waals surface area contributed by atoms with E-state index in [1.54, 1.807) is 30.6 Å². The maximum Gasteiger partial charge on any atom is 0.297 e. The average molecular weight is 404 g/mol. The standard InChI is InChI=1S/C21H16N4O3S/c1-3-15-23-24-21(29-15)25-17(12-5-4-8-22-10-12)16-18(26)13-9-11(2)6-7-14(13)28-19(16)20(25)27/h4-10,17H,3H2,1-2H3. The number of hydrogen-bond acceptors (Lipinski definition) is 7. The summed E-state index contributed by atoms with van der Waals surface area (Å²) in [5, 5.41) is 10.1. The zero-order chi connectivity index (χ0) is 20.1. The molecule has 1 atom stereocenters. The van der Waals surface area contributed by atoms with Crippen molar-refractivity contribution in [2.24, 2.45) is 0 Å². The fraction of sp³-hybridized carbons (Fsp3) is 0.190. The fourth-order valence-corrected chi connectivity index (χ4v) is 4.43. The summed E-state index contributed by atoms with van der Waals surface area (Å²) >= 11 is 1.33. The summed E-state index contributed by atoms with van der Waals surface area (Å²) in [5.41, 5.74) is 2.16. The molecule has 1 amide bonds. The number of fused-ring (bicyclic) bond motifs is 2. The lowest BCUT2D eigenvalue weighted by molar-refractivity contribution is 0.0970. The molecule has 1 unspecified atom stereocenters. The van der Waals surface area contributed by atoms with Gasteiger partial charge in [0.25, 0.3) is 5.91 Å². The van der Waals surface area contributed by atoms with Crippen molar-refractivity contribution < 1.29 is 9.21 Å². The van der Waals surface area contributed by atoms with Gasteiger partial charge in [0.2, 0.25) is 10.9 Å². The highest BCUT2D eigenvalue weighted by Gasteiger charge is 2.45. The molecule has 5 rings (SSSR count). The molecular weight excluding hydrogens is 388 g/mol. The van der Waals surface area contributed by atoms with Crippen molar-refractivity contribution in [2.75, 3.05) is 4.90 Å². The van der Waals surface area contributed by atoms with Gasteiger partial charge >= 0.3 is 0 Å². The molecule has 7 nitrogen and oxygen atoms in total. The van der Waals surface area contributed by atoms with E-state index < -0.39 is 11.9 Å². The van der Waals surface area contributed by atoms with Crippen molar-refractivity contribution in [3.8, 4) is 0 Å². The Morgan fingerprint density at radius 3 is 2.79 bits per heavy atom. The summed E-state index contributed by atoms with van der Waals surface area (Å²) < 4.78 is 5.93. The van der Waals surface area contributed by atoms with Crippen LogP contribution in [0.2, 0.25) is 0 Å². The van der Waals surface area contributed by atoms with Gasteiger partial charge in [-0.3, -0.25) is 19.5 Å². The molecule has 144 valence electrons. The lowest BCUT2D eigenvalue weighted by Gasteiger charge is -2.21. The van der Waals surface area contributed by atoms with Gasteiger partial charge in [-0.15, -0.1) is 10.2 Å². The molecule has 1 aliphatic rings. The van der Waals surface area contributed by atoms with Crippen LogP contribution in [-0.2, 0) is 6.42 Å². The molecule has 0 aliphatic carbocycles. The third-order valence-electron chi connectivity index (χ3n) is 4.99. The number of aryl methyl sites for hydroxylation is 2. The van der Waals surface area contributed by atoms with Crippen LogP contribution in [0.4, 0.5) is 5.13 Å². The maximum atomic E-state index is 13.4. The van der Waals surface area contributed by atoms with Crippen molar-refractivity contribution in [1.82, 2.24) is 15.2 Å². The van der Waals surface area contributed by atoms with Crippen molar-refractivity contribution in [2.45, 2.75) is 26.3 Å². The minimum atomic E-state index is -0.662. The molecule has 8 heteroatoms. The lowest BCUT2D eigenvalue weighted by Crippen LogP contribution is -2.29. The first-order valence-corrected chi connectivity index (χ1v) is 10.0. The molecular formula is C21H16N4O3S. The van der Waals surface area contributed by atoms with Crippen molar-refractivity contribution >= 4 is 33.3 Å². The molecule has 0 fully saturated rings. The van der Waals surface area contributed by atoms with Crippen LogP contribution in [0.5, 0.6) is 0 Å². The van der Waals surface area contributed by atoms with Gasteiger partial charge in [-0.25, -0.2) is 0 Å². The number of amides is 1. The van der Waals surface area contributed by atoms with Crippen molar-refractivity contribution in [3.63, 3.8) is 0 Å². The second-order valence-corrected chi connectivity index (χ2v) is 7.91. The monoisotopic (exact) mass is 404 g/mol. The smallest absolute Gasteiger partial charge is 0.297 e. The van der Waals surface area contributed by atoms with Crippen LogP contribution in [0.25, 0.3) is 11.0 Å². The van der Waals surface area contributed by atoms with Crippen LogP contribution in [-0.4, -0.2) is 21.1 Å². The van der Waals surface area contributed by atoms with Crippen LogP contribution in [0.15, 0.2) is 51.9 Å². The Balaban J connectivity index is 1.81. The Labute approximate surface area is 169 Å². The minimum absolute atomic E-state index is 0.0495. The van der Waals surface area contributed by atoms with Crippen molar-refractivity contribution in [1.29, 1.82) is 0 Å². The topological polar surface area (TPSA) is 89.2 Å². The molecule has 0 radical (unpaired) electrons. The predicted molar refractivity (Wildman–Crippen MR) is 109 cm³/mol. The number of rotatable bonds is 3. The van der Waals surface area contributed by atoms with Gasteiger partial charge in [0.1, 0.15) is 10.6 Å². The molecule has 0 spiro atoms. The van der Waals surface area contributed by atoms with Crippen LogP contribution in [0, 0.1) is 6.92 Å². The van der Waals surface area contributed by atoms with E-state index in [4.69, 9.17) is 4.42 Å². The Hall–Kier alpha value is -3.39. The Kier molecular flexibility index (Phi) is 4.02. The first-order chi connectivity index (χ1) is 14.1. The lowest BCUT2D eigenvalue weighted by atomic mass is 10.00. The summed E-state index contributed by atoms with van der Waals surface area (Å²) in [7, 11) is 0. The highest BCUT2D eigenvalue weighted by atomic mass is 32.1. The molecule has 4 heterocycles. The summed E-state index contributed by atoms with van der Waals surface area (Å²) in [4.78, 5) is 32.5. The van der Waals surface area contributed by atoms with Gasteiger partial charge < -0.3 is 4.42 Å². The summed E-state index contributed by atoms with van der Waals surface area (Å²) in [6.07, 6.45) is 4.02. The summed E-state index contributed by atoms with van der Waals surface area (Å²) in [6.45, 7) is 3.89. The molecule has 0 saturated heterocycles. The highest BCUT2D eigenvalue weighted by Crippen LogP contribution is 2.41. The van der Waals surface area contributed by atoms with Gasteiger partial charge in [-0.05, 0) is 37.1 Å². The van der Waals surface area contributed by atoms with Gasteiger partial charge in [0, 0.05) is 12.4 Å². The number of carbonyl (C=O) groups is 1. The van der Waals surface area contributed by atoms with E-state index >= 15 is 0 Å². The van der Waals surface area contributed by atoms with Crippen molar-refractivity contribution in [3.05, 3.63) is 80.4 Å². The van der Waals surface area contributed by atoms with E-state index in [0.29, 0.717) is 33.6 Å². The SMILES string of the molecule is CCc1nnc(N2C(=O)c3oc4ccc(C)cc4c(=O)c3C2c2cccnc2)s1. The number of nitrogens with zero attached hydrogens (tertiary/aromatic N) is 4. The number of benzene rings is 1. The second-order valence-electron chi connectivity index (χ2n) is 6.87. The largest absolute Gasteiger partial charge is 0.450 e. The van der Waals surface area contributed by atoms with E-state index in [-0.39, 0.29) is 11.2 Å². The quantitative estimate of drug-likeness (QED) is 0.518. The number of carbonyl (C=O) groups excluding carboxylic acids is 1. The summed E-state index contributed by atoms with van der Waals surface area (Å²) in [5.74, 6) is -0.347. The Morgan fingerprint density at radius 2 is 2.07 bits per heavy atom. The van der Waals surface area contributed by atoms with Gasteiger partial charge in [-0.2, -0.15) is 0 Å². The molecule has 0 N–H and O–H groups in total. The zero-order valence-electron chi connectivity index (χ0n) is 15.7. The number of anilines is 1. The third-order valence-corrected chi connectivity index (χ3v) is 6.06. The molecule has 0 bridgehead atoms. The second kappa shape index (κ2) is 6.59. The molecule has 1 aromatic carbocycles. The highest BCUT2D eigenvalue weighted by molar-refractivity contribution is 7.15. The van der Waals surface area contributed by atoms with E-state index in [1.165, 1.54) is 16.2 Å². The van der Waals surface area contributed by atoms with Gasteiger partial charge in [0.15, 0.2) is 5.43 Å². The minimum Gasteiger partial charge on any atom is -0.450 e. The van der Waals surface area contributed by atoms with Crippen LogP contribution in [0.1, 0.15) is 45.2 Å². The van der Waals surface area contributed by atoms with Crippen LogP contribution < -0.4 is 10.3 Å². The normalized spacial score (nSPS) is 15.9. The van der Waals surface area contributed by atoms with Crippen LogP contribution in [0.3, 0.4) is 0 Å². The maximum absolute atomic E-state index is 13.4. The van der Waals surface area contributed by atoms with E-state index in [2.05, 4.69) is 15.2 Å². The molecule has 3 aromatic heterocycles. The predicted octanol–water partition coefficient (Wildman–Crippen LogP) is 3.66. The van der Waals surface area contributed by atoms with Crippen LogP contribution >= 0.6 is 11.3 Å². The number of pyridine rings is 1. The van der Waals surface area contributed by atoms with Gasteiger partial charge in [-0.1, -0.05) is 36.0 Å². The Bertz CT molecular complexity index is 1310.